The van der Waals surface area contributed by atoms with Crippen LogP contribution in [0.1, 0.15) is 78.4 Å². The lowest BCUT2D eigenvalue weighted by atomic mass is 9.96. The number of allylic oxidation sites excluding steroid dienone is 9. The molecule has 0 spiro atoms. The molecule has 3 aliphatic rings. The molecule has 1 aliphatic heterocycles. The summed E-state index contributed by atoms with van der Waals surface area (Å²) in [5, 5.41) is 6.32. The van der Waals surface area contributed by atoms with Crippen LogP contribution < -0.4 is 5.32 Å². The Morgan fingerprint density at radius 3 is 2.37 bits per heavy atom. The number of hydrogen-bond donors (Lipinski definition) is 1. The van der Waals surface area contributed by atoms with Gasteiger partial charge in [0.2, 0.25) is 0 Å². The smallest absolute Gasteiger partial charge is 0.159 e. The van der Waals surface area contributed by atoms with Gasteiger partial charge in [0.1, 0.15) is 5.84 Å². The van der Waals surface area contributed by atoms with Gasteiger partial charge in [0, 0.05) is 43.1 Å². The molecule has 3 heterocycles. The molecule has 68 heavy (non-hydrogen) atoms. The highest BCUT2D eigenvalue weighted by Crippen LogP contribution is 2.41. The van der Waals surface area contributed by atoms with Crippen molar-refractivity contribution in [2.75, 3.05) is 0 Å². The molecule has 2 aliphatic carbocycles. The number of hydrogen-bond acceptors (Lipinski definition) is 4. The fraction of sp³-hybridized carbons (Fsp3) is 0.159. The van der Waals surface area contributed by atoms with Gasteiger partial charge in [0.15, 0.2) is 12.0 Å². The molecule has 4 nitrogen and oxygen atoms in total. The highest BCUT2D eigenvalue weighted by molar-refractivity contribution is 7.19. The van der Waals surface area contributed by atoms with E-state index in [2.05, 4.69) is 209 Å². The van der Waals surface area contributed by atoms with Crippen molar-refractivity contribution in [2.24, 2.45) is 9.98 Å². The molecule has 10 rings (SSSR count). The monoisotopic (exact) mass is 900 g/mol. The first-order chi connectivity index (χ1) is 33.4. The van der Waals surface area contributed by atoms with Crippen LogP contribution in [0.5, 0.6) is 0 Å². The first kappa shape index (κ1) is 44.3. The average molecular weight is 901 g/mol. The molecule has 0 saturated carbocycles. The molecule has 1 N–H and O–H groups in total. The molecule has 334 valence electrons. The fourth-order valence-electron chi connectivity index (χ4n) is 9.78. The SMILES string of the molecule is C=C/C=C(\C=C(/CC)C1=NC(c2ccccc2)=NC(C2=C=CC3=C(C=C2)c2ccccc2C3)N1)n1c(/C=C\CC)c(C)c2cccc(-c3cccc(-c4ccc5c(/C=C\CC)c(C)sc5c4)c3)c21. The molecule has 1 atom stereocenters. The number of aliphatic imine (C=N–C) groups is 2. The van der Waals surface area contributed by atoms with E-state index in [0.717, 1.165) is 70.7 Å². The third-order valence-electron chi connectivity index (χ3n) is 13.2. The van der Waals surface area contributed by atoms with Crippen molar-refractivity contribution < 1.29 is 0 Å². The molecule has 5 aromatic carbocycles. The van der Waals surface area contributed by atoms with E-state index in [0.29, 0.717) is 5.84 Å². The van der Waals surface area contributed by atoms with E-state index < -0.39 is 6.17 Å². The van der Waals surface area contributed by atoms with Crippen molar-refractivity contribution in [3.8, 4) is 22.3 Å². The van der Waals surface area contributed by atoms with Crippen LogP contribution >= 0.6 is 11.3 Å². The zero-order valence-electron chi connectivity index (χ0n) is 39.6. The zero-order chi connectivity index (χ0) is 46.7. The Labute approximate surface area is 405 Å². The van der Waals surface area contributed by atoms with Crippen molar-refractivity contribution in [1.29, 1.82) is 0 Å². The number of benzene rings is 5. The van der Waals surface area contributed by atoms with Crippen molar-refractivity contribution in [3.63, 3.8) is 0 Å². The van der Waals surface area contributed by atoms with Crippen LogP contribution in [0, 0.1) is 13.8 Å². The molecule has 0 radical (unpaired) electrons. The van der Waals surface area contributed by atoms with Gasteiger partial charge < -0.3 is 9.88 Å². The number of amidine groups is 2. The van der Waals surface area contributed by atoms with Crippen LogP contribution in [-0.2, 0) is 6.42 Å². The Kier molecular flexibility index (Phi) is 12.6. The lowest BCUT2D eigenvalue weighted by Crippen LogP contribution is -2.40. The van der Waals surface area contributed by atoms with E-state index in [4.69, 9.17) is 9.98 Å². The summed E-state index contributed by atoms with van der Waals surface area (Å²) >= 11 is 1.88. The maximum Gasteiger partial charge on any atom is 0.159 e. The third kappa shape index (κ3) is 8.41. The van der Waals surface area contributed by atoms with E-state index in [1.54, 1.807) is 0 Å². The largest absolute Gasteiger partial charge is 0.344 e. The molecule has 1 unspecified atom stereocenters. The number of aromatic nitrogens is 1. The number of para-hydroxylation sites is 1. The second-order valence-corrected chi connectivity index (χ2v) is 18.8. The molecule has 0 saturated heterocycles. The van der Waals surface area contributed by atoms with Gasteiger partial charge >= 0.3 is 0 Å². The number of nitrogens with one attached hydrogen (secondary N) is 1. The Balaban J connectivity index is 1.07. The summed E-state index contributed by atoms with van der Waals surface area (Å²) in [4.78, 5) is 11.9. The van der Waals surface area contributed by atoms with Gasteiger partial charge in [0.25, 0.3) is 0 Å². The van der Waals surface area contributed by atoms with Gasteiger partial charge in [-0.25, -0.2) is 9.98 Å². The molecule has 0 fully saturated rings. The van der Waals surface area contributed by atoms with Crippen molar-refractivity contribution in [2.45, 2.75) is 66.5 Å². The minimum atomic E-state index is -0.400. The van der Waals surface area contributed by atoms with Crippen molar-refractivity contribution in [1.82, 2.24) is 9.88 Å². The summed E-state index contributed by atoms with van der Waals surface area (Å²) in [7, 11) is 0. The molecule has 0 amide bonds. The lowest BCUT2D eigenvalue weighted by molar-refractivity contribution is 0.729. The van der Waals surface area contributed by atoms with E-state index in [-0.39, 0.29) is 0 Å². The highest BCUT2D eigenvalue weighted by atomic mass is 32.1. The second-order valence-electron chi connectivity index (χ2n) is 17.6. The first-order valence-corrected chi connectivity index (χ1v) is 24.8. The van der Waals surface area contributed by atoms with Crippen LogP contribution in [0.3, 0.4) is 0 Å². The first-order valence-electron chi connectivity index (χ1n) is 24.0. The molecule has 2 aromatic heterocycles. The number of rotatable bonds is 13. The Hall–Kier alpha value is -7.56. The molecular formula is C63H56N4S. The molecular weight excluding hydrogens is 845 g/mol. The van der Waals surface area contributed by atoms with Gasteiger partial charge in [-0.15, -0.1) is 17.1 Å². The summed E-state index contributed by atoms with van der Waals surface area (Å²) < 4.78 is 3.74. The quantitative estimate of drug-likeness (QED) is 0.0909. The van der Waals surface area contributed by atoms with Gasteiger partial charge in [-0.1, -0.05) is 161 Å². The van der Waals surface area contributed by atoms with Gasteiger partial charge in [0.05, 0.1) is 5.52 Å². The van der Waals surface area contributed by atoms with Gasteiger partial charge in [-0.2, -0.15) is 0 Å². The minimum absolute atomic E-state index is 0.400. The second kappa shape index (κ2) is 19.3. The van der Waals surface area contributed by atoms with E-state index in [9.17, 15) is 0 Å². The molecule has 0 bridgehead atoms. The third-order valence-corrected chi connectivity index (χ3v) is 14.3. The number of thiophene rings is 1. The summed E-state index contributed by atoms with van der Waals surface area (Å²) in [6, 6.07) is 41.7. The maximum absolute atomic E-state index is 5.29. The summed E-state index contributed by atoms with van der Waals surface area (Å²) in [6.45, 7) is 15.3. The lowest BCUT2D eigenvalue weighted by Gasteiger charge is -2.25. The molecule has 5 heteroatoms. The van der Waals surface area contributed by atoms with Gasteiger partial charge in [-0.3, -0.25) is 0 Å². The Morgan fingerprint density at radius 1 is 0.794 bits per heavy atom. The zero-order valence-corrected chi connectivity index (χ0v) is 40.4. The van der Waals surface area contributed by atoms with Gasteiger partial charge in [-0.05, 0) is 143 Å². The fourth-order valence-corrected chi connectivity index (χ4v) is 10.9. The van der Waals surface area contributed by atoms with Crippen molar-refractivity contribution >= 4 is 67.4 Å². The van der Waals surface area contributed by atoms with Crippen LogP contribution in [0.2, 0.25) is 0 Å². The molecule has 7 aromatic rings. The number of fused-ring (bicyclic) bond motifs is 4. The number of aryl methyl sites for hydroxylation is 2. The topological polar surface area (TPSA) is 41.7 Å². The summed E-state index contributed by atoms with van der Waals surface area (Å²) in [5.41, 5.74) is 22.4. The Morgan fingerprint density at radius 2 is 1.54 bits per heavy atom. The standard InChI is InChI=1S/C63H56N4S/c1-7-11-26-53-42(6)68-59-40-47(34-36-57(53)59)46-24-18-25-49(37-46)56-29-19-28-52-41(5)58(30-12-8-2)67(60(52)56)51(20-9-3)39-43(10-4)61-64-62(44-21-14-13-15-22-44)66-63(65-61)45-31-32-50-38-48-23-16-17-27-54(48)55(50)35-33-45/h9,11-30,32-37,39-40,63H,3,7-8,10,38H2,1-2,4-6H3,(H,64,65,66)/b26-11-,30-12-,43-39+,51-20+. The maximum atomic E-state index is 5.29. The summed E-state index contributed by atoms with van der Waals surface area (Å²) in [5.74, 6) is 1.48. The highest BCUT2D eigenvalue weighted by Gasteiger charge is 2.26. The van der Waals surface area contributed by atoms with Crippen LogP contribution in [0.25, 0.3) is 66.7 Å². The predicted octanol–water partition coefficient (Wildman–Crippen LogP) is 16.5. The predicted molar refractivity (Wildman–Crippen MR) is 294 cm³/mol. The van der Waals surface area contributed by atoms with Crippen LogP contribution in [0.15, 0.2) is 203 Å². The van der Waals surface area contributed by atoms with E-state index >= 15 is 0 Å². The minimum Gasteiger partial charge on any atom is -0.344 e. The average Bonchev–Trinajstić information content (AvgIpc) is 3.93. The van der Waals surface area contributed by atoms with Crippen LogP contribution in [0.4, 0.5) is 0 Å². The van der Waals surface area contributed by atoms with E-state index in [1.807, 2.05) is 35.6 Å². The Bertz CT molecular complexity index is 3470. The van der Waals surface area contributed by atoms with Crippen LogP contribution in [-0.4, -0.2) is 22.4 Å². The van der Waals surface area contributed by atoms with E-state index in [1.165, 1.54) is 70.4 Å². The summed E-state index contributed by atoms with van der Waals surface area (Å²) in [6.07, 6.45) is 25.1. The van der Waals surface area contributed by atoms with Crippen molar-refractivity contribution in [3.05, 3.63) is 231 Å². The normalized spacial score (nSPS) is 16.1. The number of nitrogens with zero attached hydrogens (tertiary/aromatic N) is 3.